The highest BCUT2D eigenvalue weighted by Gasteiger charge is 2.14. The van der Waals surface area contributed by atoms with Gasteiger partial charge in [-0.3, -0.25) is 4.79 Å². The van der Waals surface area contributed by atoms with E-state index in [2.05, 4.69) is 81.5 Å². The van der Waals surface area contributed by atoms with Crippen LogP contribution in [0.15, 0.2) is 48.6 Å². The number of unbranched alkanes of at least 4 members (excludes halogenated alkanes) is 53. The van der Waals surface area contributed by atoms with Crippen LogP contribution < -0.4 is 0 Å². The van der Waals surface area contributed by atoms with Crippen LogP contribution in [0.25, 0.3) is 0 Å². The Morgan fingerprint density at radius 2 is 0.494 bits per heavy atom. The molecule has 0 aromatic rings. The zero-order chi connectivity index (χ0) is 58.4. The van der Waals surface area contributed by atoms with Crippen LogP contribution in [-0.2, 0) is 9.53 Å². The quantitative estimate of drug-likeness (QED) is 0.0345. The Labute approximate surface area is 511 Å². The van der Waals surface area contributed by atoms with E-state index in [1.165, 1.54) is 366 Å². The smallest absolute Gasteiger partial charge is 0.306 e. The first-order valence-electron chi connectivity index (χ1n) is 37.5. The minimum atomic E-state index is 0.0122. The average Bonchev–Trinajstić information content (AvgIpc) is 3.46. The highest BCUT2D eigenvalue weighted by atomic mass is 16.5. The Hall–Kier alpha value is -1.61. The number of rotatable bonds is 70. The first kappa shape index (κ1) is 79.4. The molecule has 3 heteroatoms. The number of ether oxygens (including phenoxy) is 1. The molecule has 0 rings (SSSR count). The molecule has 0 saturated heterocycles. The predicted octanol–water partition coefficient (Wildman–Crippen LogP) is 27.3. The molecule has 0 amide bonds. The molecule has 0 radical (unpaired) electrons. The van der Waals surface area contributed by atoms with Crippen LogP contribution >= 0.6 is 0 Å². The molecule has 81 heavy (non-hydrogen) atoms. The Balaban J connectivity index is 3.54. The summed E-state index contributed by atoms with van der Waals surface area (Å²) in [4.78, 5) is 14.8. The van der Waals surface area contributed by atoms with Gasteiger partial charge in [-0.2, -0.15) is 0 Å². The van der Waals surface area contributed by atoms with Crippen LogP contribution in [0.4, 0.5) is 0 Å². The van der Waals surface area contributed by atoms with Crippen molar-refractivity contribution < 1.29 is 9.53 Å². The van der Waals surface area contributed by atoms with Gasteiger partial charge in [0, 0.05) is 6.42 Å². The van der Waals surface area contributed by atoms with E-state index < -0.39 is 0 Å². The summed E-state index contributed by atoms with van der Waals surface area (Å²) in [5, 5.41) is 0. The molecule has 1 atom stereocenters. The lowest BCUT2D eigenvalue weighted by Gasteiger charge is -2.18. The van der Waals surface area contributed by atoms with Crippen molar-refractivity contribution in [3.8, 4) is 0 Å². The summed E-state index contributed by atoms with van der Waals surface area (Å²) in [5.74, 6) is 0.0122. The van der Waals surface area contributed by atoms with E-state index in [1.807, 2.05) is 0 Å². The molecule has 0 spiro atoms. The van der Waals surface area contributed by atoms with Crippen LogP contribution in [0, 0.1) is 0 Å². The van der Waals surface area contributed by atoms with Gasteiger partial charge in [0.2, 0.25) is 0 Å². The van der Waals surface area contributed by atoms with Gasteiger partial charge >= 0.3 is 5.97 Å². The Morgan fingerprint density at radius 1 is 0.284 bits per heavy atom. The van der Waals surface area contributed by atoms with Crippen molar-refractivity contribution in [2.45, 2.75) is 424 Å². The van der Waals surface area contributed by atoms with Gasteiger partial charge < -0.3 is 9.64 Å². The maximum Gasteiger partial charge on any atom is 0.306 e. The van der Waals surface area contributed by atoms with Gasteiger partial charge in [-0.15, -0.1) is 0 Å². The van der Waals surface area contributed by atoms with E-state index in [9.17, 15) is 4.79 Å². The molecule has 0 fully saturated rings. The van der Waals surface area contributed by atoms with E-state index in [0.717, 1.165) is 38.6 Å². The molecule has 0 heterocycles. The second-order valence-corrected chi connectivity index (χ2v) is 26.1. The lowest BCUT2D eigenvalue weighted by Crippen LogP contribution is -2.20. The molecular weight excluding hydrogens is 983 g/mol. The van der Waals surface area contributed by atoms with Crippen molar-refractivity contribution in [2.24, 2.45) is 0 Å². The highest BCUT2D eigenvalue weighted by Crippen LogP contribution is 2.21. The zero-order valence-electron chi connectivity index (χ0n) is 56.2. The number of allylic oxidation sites excluding steroid dienone is 8. The van der Waals surface area contributed by atoms with E-state index in [1.54, 1.807) is 0 Å². The van der Waals surface area contributed by atoms with E-state index >= 15 is 0 Å². The maximum atomic E-state index is 12.7. The predicted molar refractivity (Wildman–Crippen MR) is 367 cm³/mol. The second kappa shape index (κ2) is 72.6. The lowest BCUT2D eigenvalue weighted by atomic mass is 10.0. The second-order valence-electron chi connectivity index (χ2n) is 26.1. The average molecular weight is 1130 g/mol. The van der Waals surface area contributed by atoms with E-state index in [-0.39, 0.29) is 12.1 Å². The van der Waals surface area contributed by atoms with Crippen LogP contribution in [0.5, 0.6) is 0 Å². The summed E-state index contributed by atoms with van der Waals surface area (Å²) in [7, 11) is 4.14. The Morgan fingerprint density at radius 3 is 0.741 bits per heavy atom. The van der Waals surface area contributed by atoms with Gasteiger partial charge in [-0.05, 0) is 117 Å². The minimum Gasteiger partial charge on any atom is -0.462 e. The highest BCUT2D eigenvalue weighted by molar-refractivity contribution is 5.69. The molecule has 0 aliphatic rings. The van der Waals surface area contributed by atoms with Crippen LogP contribution in [-0.4, -0.2) is 37.6 Å². The topological polar surface area (TPSA) is 29.5 Å². The van der Waals surface area contributed by atoms with Crippen molar-refractivity contribution in [1.29, 1.82) is 0 Å². The minimum absolute atomic E-state index is 0.0122. The molecular formula is C78H149NO2. The van der Waals surface area contributed by atoms with E-state index in [4.69, 9.17) is 4.74 Å². The van der Waals surface area contributed by atoms with Crippen molar-refractivity contribution >= 4 is 5.97 Å². The lowest BCUT2D eigenvalue weighted by molar-refractivity contribution is -0.150. The van der Waals surface area contributed by atoms with Crippen LogP contribution in [0.1, 0.15) is 418 Å². The fourth-order valence-electron chi connectivity index (χ4n) is 12.0. The normalized spacial score (nSPS) is 12.6. The molecule has 0 saturated carbocycles. The third kappa shape index (κ3) is 72.6. The van der Waals surface area contributed by atoms with Crippen LogP contribution in [0.3, 0.4) is 0 Å². The third-order valence-corrected chi connectivity index (χ3v) is 17.5. The van der Waals surface area contributed by atoms with Gasteiger partial charge in [-0.1, -0.05) is 364 Å². The number of carbonyl (C=O) groups excluding carboxylic acids is 1. The molecule has 0 aromatic carbocycles. The summed E-state index contributed by atoms with van der Waals surface area (Å²) >= 11 is 0. The number of carbonyl (C=O) groups is 1. The molecule has 0 aliphatic heterocycles. The summed E-state index contributed by atoms with van der Waals surface area (Å²) in [6, 6.07) is 0. The first-order chi connectivity index (χ1) is 40.1. The van der Waals surface area contributed by atoms with Gasteiger partial charge in [0.05, 0.1) is 0 Å². The number of esters is 1. The van der Waals surface area contributed by atoms with Gasteiger partial charge in [0.25, 0.3) is 0 Å². The van der Waals surface area contributed by atoms with Gasteiger partial charge in [-0.25, -0.2) is 0 Å². The van der Waals surface area contributed by atoms with E-state index in [0.29, 0.717) is 6.42 Å². The Bertz CT molecular complexity index is 1280. The maximum absolute atomic E-state index is 12.7. The monoisotopic (exact) mass is 1130 g/mol. The number of hydrogen-bond acceptors (Lipinski definition) is 3. The number of hydrogen-bond donors (Lipinski definition) is 0. The molecule has 0 N–H and O–H groups in total. The van der Waals surface area contributed by atoms with Gasteiger partial charge in [0.1, 0.15) is 6.10 Å². The first-order valence-corrected chi connectivity index (χ1v) is 37.5. The molecule has 478 valence electrons. The Kier molecular flexibility index (Phi) is 71.2. The molecule has 0 bridgehead atoms. The van der Waals surface area contributed by atoms with Crippen molar-refractivity contribution in [2.75, 3.05) is 20.6 Å². The zero-order valence-corrected chi connectivity index (χ0v) is 56.2. The molecule has 0 aliphatic carbocycles. The summed E-state index contributed by atoms with van der Waals surface area (Å²) in [6.07, 6.45) is 105. The standard InChI is InChI=1S/C78H149NO2/c1-5-7-9-11-13-15-17-19-21-23-24-25-26-27-28-29-30-31-32-33-34-35-36-37-38-39-40-41-42-43-44-45-46-47-48-49-50-51-52-53-54-55-56-57-59-61-63-65-67-69-71-74-77(81-78(80)75-72-76-79(3)4)73-70-68-66-64-62-60-58-22-20-18-16-14-12-10-8-6-2/h14,16,20,22,53-54,56-57,77H,5-13,15,17-19,21,23-52,55,58-76H2,1-4H3/b16-14-,22-20-,54-53-,57-56-. The molecule has 1 unspecified atom stereocenters. The third-order valence-electron chi connectivity index (χ3n) is 17.5. The van der Waals surface area contributed by atoms with Crippen molar-refractivity contribution in [3.05, 3.63) is 48.6 Å². The fraction of sp³-hybridized carbons (Fsp3) is 0.885. The van der Waals surface area contributed by atoms with Crippen LogP contribution in [0.2, 0.25) is 0 Å². The van der Waals surface area contributed by atoms with Gasteiger partial charge in [0.15, 0.2) is 0 Å². The SMILES string of the molecule is CCCCC/C=C\C/C=C\CCCCCCCCC(CCCCCCCC/C=C\C/C=C\CCCCCCCCCCCCCCCCCCCCCCCCCCCCCCCCCCCCCCCC)OC(=O)CCCN(C)C. The summed E-state index contributed by atoms with van der Waals surface area (Å²) < 4.78 is 6.06. The number of nitrogens with zero attached hydrogens (tertiary/aromatic N) is 1. The molecule has 0 aromatic heterocycles. The molecule has 3 nitrogen and oxygen atoms in total. The van der Waals surface area contributed by atoms with Crippen molar-refractivity contribution in [1.82, 2.24) is 4.90 Å². The summed E-state index contributed by atoms with van der Waals surface area (Å²) in [6.45, 7) is 5.52. The summed E-state index contributed by atoms with van der Waals surface area (Å²) in [5.41, 5.74) is 0. The van der Waals surface area contributed by atoms with Crippen molar-refractivity contribution in [3.63, 3.8) is 0 Å². The largest absolute Gasteiger partial charge is 0.462 e. The fourth-order valence-corrected chi connectivity index (χ4v) is 12.0.